The van der Waals surface area contributed by atoms with Crippen molar-refractivity contribution in [1.82, 2.24) is 10.6 Å². The molecule has 72 valence electrons. The molecule has 5 heteroatoms. The molecule has 0 aromatic rings. The summed E-state index contributed by atoms with van der Waals surface area (Å²) >= 11 is 3.99. The maximum atomic E-state index is 11.1. The molecule has 2 unspecified atom stereocenters. The van der Waals surface area contributed by atoms with Crippen LogP contribution in [0, 0.1) is 0 Å². The summed E-state index contributed by atoms with van der Waals surface area (Å²) in [5.41, 5.74) is 0. The van der Waals surface area contributed by atoms with E-state index in [4.69, 9.17) is 5.11 Å². The third-order valence-electron chi connectivity index (χ3n) is 1.31. The highest BCUT2D eigenvalue weighted by Gasteiger charge is 2.11. The highest BCUT2D eigenvalue weighted by molar-refractivity contribution is 7.80. The molecule has 0 aliphatic rings. The fourth-order valence-electron chi connectivity index (χ4n) is 0.705. The van der Waals surface area contributed by atoms with Crippen LogP contribution in [0.5, 0.6) is 0 Å². The minimum absolute atomic E-state index is 0.202. The Hall–Kier alpha value is -0.260. The zero-order valence-corrected chi connectivity index (χ0v) is 8.27. The highest BCUT2D eigenvalue weighted by Crippen LogP contribution is 1.83. The van der Waals surface area contributed by atoms with E-state index in [1.54, 1.807) is 6.92 Å². The van der Waals surface area contributed by atoms with Gasteiger partial charge in [0.2, 0.25) is 5.91 Å². The van der Waals surface area contributed by atoms with Gasteiger partial charge in [0.1, 0.15) is 6.23 Å². The maximum absolute atomic E-state index is 11.1. The fraction of sp³-hybridized carbons (Fsp3) is 0.857. The minimum atomic E-state index is -0.794. The largest absolute Gasteiger partial charge is 0.374 e. The Balaban J connectivity index is 3.61. The van der Waals surface area contributed by atoms with Crippen LogP contribution in [-0.2, 0) is 4.79 Å². The van der Waals surface area contributed by atoms with E-state index in [1.807, 2.05) is 0 Å². The summed E-state index contributed by atoms with van der Waals surface area (Å²) in [7, 11) is 0. The van der Waals surface area contributed by atoms with Gasteiger partial charge >= 0.3 is 0 Å². The molecular weight excluding hydrogens is 176 g/mol. The van der Waals surface area contributed by atoms with Gasteiger partial charge < -0.3 is 15.7 Å². The van der Waals surface area contributed by atoms with Gasteiger partial charge in [0.25, 0.3) is 0 Å². The van der Waals surface area contributed by atoms with Crippen LogP contribution < -0.4 is 10.6 Å². The molecular formula is C7H16N2O2S. The molecule has 0 saturated carbocycles. The van der Waals surface area contributed by atoms with Crippen molar-refractivity contribution in [3.8, 4) is 0 Å². The van der Waals surface area contributed by atoms with E-state index in [0.717, 1.165) is 0 Å². The standard InChI is InChI=1S/C7H16N2O2S/c1-5(8-3-4-12)7(11)9-6(2)10/h5-6,8,10,12H,3-4H2,1-2H3,(H,9,11). The second kappa shape index (κ2) is 6.28. The van der Waals surface area contributed by atoms with Crippen molar-refractivity contribution < 1.29 is 9.90 Å². The van der Waals surface area contributed by atoms with E-state index in [9.17, 15) is 4.79 Å². The van der Waals surface area contributed by atoms with E-state index in [1.165, 1.54) is 6.92 Å². The molecule has 0 saturated heterocycles. The summed E-state index contributed by atoms with van der Waals surface area (Å²) in [4.78, 5) is 11.1. The third kappa shape index (κ3) is 5.40. The number of nitrogens with one attached hydrogen (secondary N) is 2. The molecule has 0 radical (unpaired) electrons. The molecule has 1 amide bonds. The normalized spacial score (nSPS) is 15.3. The van der Waals surface area contributed by atoms with Crippen LogP contribution in [0.4, 0.5) is 0 Å². The van der Waals surface area contributed by atoms with Crippen molar-refractivity contribution in [3.05, 3.63) is 0 Å². The predicted octanol–water partition coefficient (Wildman–Crippen LogP) is -0.651. The molecule has 4 nitrogen and oxygen atoms in total. The molecule has 0 aromatic heterocycles. The Bertz CT molecular complexity index is 141. The Morgan fingerprint density at radius 2 is 2.17 bits per heavy atom. The quantitative estimate of drug-likeness (QED) is 0.346. The summed E-state index contributed by atoms with van der Waals surface area (Å²) < 4.78 is 0. The first-order valence-corrected chi connectivity index (χ1v) is 4.54. The van der Waals surface area contributed by atoms with E-state index in [2.05, 4.69) is 23.3 Å². The topological polar surface area (TPSA) is 61.4 Å². The first-order chi connectivity index (χ1) is 5.57. The summed E-state index contributed by atoms with van der Waals surface area (Å²) in [6.07, 6.45) is -0.794. The molecule has 0 aliphatic heterocycles. The van der Waals surface area contributed by atoms with E-state index >= 15 is 0 Å². The average molecular weight is 192 g/mol. The molecule has 0 spiro atoms. The van der Waals surface area contributed by atoms with Crippen LogP contribution in [0.2, 0.25) is 0 Å². The Kier molecular flexibility index (Phi) is 6.14. The Labute approximate surface area is 78.1 Å². The van der Waals surface area contributed by atoms with Crippen LogP contribution in [0.25, 0.3) is 0 Å². The lowest BCUT2D eigenvalue weighted by molar-refractivity contribution is -0.125. The summed E-state index contributed by atoms with van der Waals surface area (Å²) in [6, 6.07) is -0.285. The van der Waals surface area contributed by atoms with Crippen molar-refractivity contribution in [1.29, 1.82) is 0 Å². The van der Waals surface area contributed by atoms with Crippen LogP contribution >= 0.6 is 12.6 Å². The number of hydrogen-bond donors (Lipinski definition) is 4. The fourth-order valence-corrected chi connectivity index (χ4v) is 0.834. The van der Waals surface area contributed by atoms with Crippen LogP contribution in [0.3, 0.4) is 0 Å². The smallest absolute Gasteiger partial charge is 0.238 e. The van der Waals surface area contributed by atoms with E-state index < -0.39 is 6.23 Å². The molecule has 12 heavy (non-hydrogen) atoms. The van der Waals surface area contributed by atoms with E-state index in [-0.39, 0.29) is 11.9 Å². The van der Waals surface area contributed by atoms with Gasteiger partial charge in [-0.1, -0.05) is 0 Å². The maximum Gasteiger partial charge on any atom is 0.238 e. The Morgan fingerprint density at radius 3 is 2.58 bits per heavy atom. The van der Waals surface area contributed by atoms with Gasteiger partial charge in [-0.15, -0.1) is 0 Å². The summed E-state index contributed by atoms with van der Waals surface area (Å²) in [5, 5.41) is 14.1. The molecule has 0 fully saturated rings. The number of aliphatic hydroxyl groups excluding tert-OH is 1. The predicted molar refractivity (Wildman–Crippen MR) is 51.1 cm³/mol. The number of carbonyl (C=O) groups is 1. The van der Waals surface area contributed by atoms with Crippen LogP contribution in [0.1, 0.15) is 13.8 Å². The molecule has 0 aromatic carbocycles. The number of hydrogen-bond acceptors (Lipinski definition) is 4. The van der Waals surface area contributed by atoms with Crippen molar-refractivity contribution in [2.45, 2.75) is 26.1 Å². The second-order valence-electron chi connectivity index (χ2n) is 2.58. The molecule has 2 atom stereocenters. The lowest BCUT2D eigenvalue weighted by atomic mass is 10.3. The monoisotopic (exact) mass is 192 g/mol. The Morgan fingerprint density at radius 1 is 1.58 bits per heavy atom. The van der Waals surface area contributed by atoms with Crippen molar-refractivity contribution >= 4 is 18.5 Å². The minimum Gasteiger partial charge on any atom is -0.374 e. The average Bonchev–Trinajstić information content (AvgIpc) is 1.98. The number of carbonyl (C=O) groups excluding carboxylic acids is 1. The van der Waals surface area contributed by atoms with E-state index in [0.29, 0.717) is 12.3 Å². The van der Waals surface area contributed by atoms with Gasteiger partial charge in [-0.05, 0) is 13.8 Å². The first kappa shape index (κ1) is 11.7. The van der Waals surface area contributed by atoms with Crippen molar-refractivity contribution in [2.24, 2.45) is 0 Å². The molecule has 0 rings (SSSR count). The van der Waals surface area contributed by atoms with Crippen LogP contribution in [0.15, 0.2) is 0 Å². The second-order valence-corrected chi connectivity index (χ2v) is 3.03. The summed E-state index contributed by atoms with van der Waals surface area (Å²) in [6.45, 7) is 3.92. The number of rotatable bonds is 5. The van der Waals surface area contributed by atoms with Gasteiger partial charge in [-0.2, -0.15) is 12.6 Å². The molecule has 0 aliphatic carbocycles. The number of aliphatic hydroxyl groups is 1. The molecule has 0 bridgehead atoms. The summed E-state index contributed by atoms with van der Waals surface area (Å²) in [5.74, 6) is 0.485. The van der Waals surface area contributed by atoms with Gasteiger partial charge in [0, 0.05) is 12.3 Å². The number of amides is 1. The molecule has 3 N–H and O–H groups in total. The van der Waals surface area contributed by atoms with Gasteiger partial charge in [-0.3, -0.25) is 4.79 Å². The van der Waals surface area contributed by atoms with Crippen molar-refractivity contribution in [2.75, 3.05) is 12.3 Å². The van der Waals surface area contributed by atoms with Gasteiger partial charge in [0.15, 0.2) is 0 Å². The highest BCUT2D eigenvalue weighted by atomic mass is 32.1. The van der Waals surface area contributed by atoms with Gasteiger partial charge in [0.05, 0.1) is 6.04 Å². The number of thiol groups is 1. The lowest BCUT2D eigenvalue weighted by Gasteiger charge is -2.14. The van der Waals surface area contributed by atoms with Crippen molar-refractivity contribution in [3.63, 3.8) is 0 Å². The van der Waals surface area contributed by atoms with Gasteiger partial charge in [-0.25, -0.2) is 0 Å². The zero-order valence-electron chi connectivity index (χ0n) is 7.37. The lowest BCUT2D eigenvalue weighted by Crippen LogP contribution is -2.45. The SMILES string of the molecule is CC(O)NC(=O)C(C)NCCS. The third-order valence-corrected chi connectivity index (χ3v) is 1.53. The molecule has 0 heterocycles. The zero-order chi connectivity index (χ0) is 9.56. The van der Waals surface area contributed by atoms with Crippen LogP contribution in [-0.4, -0.2) is 35.6 Å². The first-order valence-electron chi connectivity index (χ1n) is 3.90.